The molecule has 2 N–H and O–H groups in total. The average Bonchev–Trinajstić information content (AvgIpc) is 2.29. The van der Waals surface area contributed by atoms with Gasteiger partial charge >= 0.3 is 0 Å². The highest BCUT2D eigenvalue weighted by Crippen LogP contribution is 2.07. The van der Waals surface area contributed by atoms with Gasteiger partial charge in [0.1, 0.15) is 0 Å². The van der Waals surface area contributed by atoms with Crippen LogP contribution in [0.25, 0.3) is 5.69 Å². The van der Waals surface area contributed by atoms with E-state index in [1.165, 1.54) is 6.07 Å². The number of hydrogen-bond acceptors (Lipinski definition) is 2. The summed E-state index contributed by atoms with van der Waals surface area (Å²) in [5.74, 6) is 0. The fraction of sp³-hybridized carbons (Fsp3) is 0.0833. The zero-order valence-electron chi connectivity index (χ0n) is 8.26. The maximum atomic E-state index is 11.7. The zero-order valence-corrected chi connectivity index (χ0v) is 8.26. The van der Waals surface area contributed by atoms with E-state index in [9.17, 15) is 4.79 Å². The lowest BCUT2D eigenvalue weighted by atomic mass is 10.2. The quantitative estimate of drug-likeness (QED) is 0.794. The van der Waals surface area contributed by atoms with Crippen LogP contribution in [0.3, 0.4) is 0 Å². The third kappa shape index (κ3) is 1.82. The van der Waals surface area contributed by atoms with E-state index in [4.69, 9.17) is 5.73 Å². The second-order valence-corrected chi connectivity index (χ2v) is 3.23. The Morgan fingerprint density at radius 2 is 1.73 bits per heavy atom. The Bertz CT molecular complexity index is 503. The maximum Gasteiger partial charge on any atom is 0.255 e. The van der Waals surface area contributed by atoms with Gasteiger partial charge in [0.05, 0.1) is 0 Å². The van der Waals surface area contributed by atoms with Crippen LogP contribution in [0.2, 0.25) is 0 Å². The van der Waals surface area contributed by atoms with Crippen molar-refractivity contribution in [3.8, 4) is 5.69 Å². The van der Waals surface area contributed by atoms with Gasteiger partial charge < -0.3 is 5.73 Å². The van der Waals surface area contributed by atoms with Gasteiger partial charge in [-0.25, -0.2) is 0 Å². The van der Waals surface area contributed by atoms with Crippen molar-refractivity contribution < 1.29 is 0 Å². The summed E-state index contributed by atoms with van der Waals surface area (Å²) in [7, 11) is 0. The fourth-order valence-electron chi connectivity index (χ4n) is 1.56. The van der Waals surface area contributed by atoms with Crippen LogP contribution >= 0.6 is 0 Å². The molecule has 0 bridgehead atoms. The van der Waals surface area contributed by atoms with Gasteiger partial charge in [0.2, 0.25) is 0 Å². The normalized spacial score (nSPS) is 10.2. The van der Waals surface area contributed by atoms with Crippen molar-refractivity contribution in [1.29, 1.82) is 0 Å². The lowest BCUT2D eigenvalue weighted by Crippen LogP contribution is -2.22. The Morgan fingerprint density at radius 1 is 1.00 bits per heavy atom. The Kier molecular flexibility index (Phi) is 2.65. The third-order valence-corrected chi connectivity index (χ3v) is 2.26. The molecule has 0 saturated heterocycles. The van der Waals surface area contributed by atoms with Crippen molar-refractivity contribution in [3.05, 3.63) is 64.6 Å². The fourth-order valence-corrected chi connectivity index (χ4v) is 1.56. The van der Waals surface area contributed by atoms with E-state index in [2.05, 4.69) is 0 Å². The highest BCUT2D eigenvalue weighted by atomic mass is 16.1. The van der Waals surface area contributed by atoms with Crippen molar-refractivity contribution in [2.24, 2.45) is 5.73 Å². The predicted octanol–water partition coefficient (Wildman–Crippen LogP) is 1.30. The minimum absolute atomic E-state index is 0.0517. The number of hydrogen-bond donors (Lipinski definition) is 1. The summed E-state index contributed by atoms with van der Waals surface area (Å²) in [5.41, 5.74) is 7.21. The Morgan fingerprint density at radius 3 is 2.40 bits per heavy atom. The molecule has 0 radical (unpaired) electrons. The second-order valence-electron chi connectivity index (χ2n) is 3.23. The van der Waals surface area contributed by atoms with Gasteiger partial charge in [-0.2, -0.15) is 0 Å². The molecule has 0 amide bonds. The average molecular weight is 200 g/mol. The Labute approximate surface area is 87.8 Å². The van der Waals surface area contributed by atoms with Gasteiger partial charge in [-0.3, -0.25) is 9.36 Å². The van der Waals surface area contributed by atoms with Gasteiger partial charge in [-0.1, -0.05) is 24.3 Å². The van der Waals surface area contributed by atoms with Crippen molar-refractivity contribution in [2.75, 3.05) is 0 Å². The third-order valence-electron chi connectivity index (χ3n) is 2.26. The zero-order chi connectivity index (χ0) is 10.7. The smallest absolute Gasteiger partial charge is 0.255 e. The molecule has 2 rings (SSSR count). The maximum absolute atomic E-state index is 11.7. The van der Waals surface area contributed by atoms with Crippen LogP contribution in [0.5, 0.6) is 0 Å². The van der Waals surface area contributed by atoms with E-state index in [1.807, 2.05) is 36.4 Å². The molecule has 1 aromatic carbocycles. The summed E-state index contributed by atoms with van der Waals surface area (Å²) in [4.78, 5) is 11.7. The molecule has 15 heavy (non-hydrogen) atoms. The minimum atomic E-state index is -0.0517. The van der Waals surface area contributed by atoms with Crippen molar-refractivity contribution >= 4 is 0 Å². The van der Waals surface area contributed by atoms with Crippen LogP contribution in [0, 0.1) is 0 Å². The Balaban J connectivity index is 2.67. The number of pyridine rings is 1. The summed E-state index contributed by atoms with van der Waals surface area (Å²) in [6.07, 6.45) is 0. The molecule has 0 fully saturated rings. The van der Waals surface area contributed by atoms with Crippen LogP contribution in [-0.2, 0) is 6.54 Å². The largest absolute Gasteiger partial charge is 0.325 e. The molecule has 1 aromatic heterocycles. The molecular weight excluding hydrogens is 188 g/mol. The molecule has 0 atom stereocenters. The monoisotopic (exact) mass is 200 g/mol. The molecule has 3 nitrogen and oxygen atoms in total. The SMILES string of the molecule is NCc1cccc(=O)n1-c1ccccc1. The molecular formula is C12H12N2O. The van der Waals surface area contributed by atoms with Crippen LogP contribution < -0.4 is 11.3 Å². The van der Waals surface area contributed by atoms with Crippen LogP contribution in [-0.4, -0.2) is 4.57 Å². The minimum Gasteiger partial charge on any atom is -0.325 e. The first-order valence-electron chi connectivity index (χ1n) is 4.79. The van der Waals surface area contributed by atoms with Crippen LogP contribution in [0.1, 0.15) is 5.69 Å². The van der Waals surface area contributed by atoms with Crippen molar-refractivity contribution in [3.63, 3.8) is 0 Å². The summed E-state index contributed by atoms with van der Waals surface area (Å²) >= 11 is 0. The first kappa shape index (κ1) is 9.68. The highest BCUT2D eigenvalue weighted by Gasteiger charge is 2.02. The van der Waals surface area contributed by atoms with Gasteiger partial charge in [-0.15, -0.1) is 0 Å². The van der Waals surface area contributed by atoms with Crippen LogP contribution in [0.4, 0.5) is 0 Å². The Hall–Kier alpha value is -1.87. The summed E-state index contributed by atoms with van der Waals surface area (Å²) in [6, 6.07) is 14.6. The number of aromatic nitrogens is 1. The molecule has 0 aliphatic heterocycles. The summed E-state index contributed by atoms with van der Waals surface area (Å²) in [5, 5.41) is 0. The van der Waals surface area contributed by atoms with E-state index < -0.39 is 0 Å². The van der Waals surface area contributed by atoms with E-state index in [-0.39, 0.29) is 5.56 Å². The molecule has 0 aliphatic rings. The van der Waals surface area contributed by atoms with Crippen molar-refractivity contribution in [1.82, 2.24) is 4.57 Å². The highest BCUT2D eigenvalue weighted by molar-refractivity contribution is 5.34. The van der Waals surface area contributed by atoms with Gasteiger partial charge in [-0.05, 0) is 18.2 Å². The molecule has 0 spiro atoms. The standard InChI is InChI=1S/C12H12N2O/c13-9-11-7-4-8-12(15)14(11)10-5-2-1-3-6-10/h1-8H,9,13H2. The number of benzene rings is 1. The van der Waals surface area contributed by atoms with Crippen molar-refractivity contribution in [2.45, 2.75) is 6.54 Å². The lowest BCUT2D eigenvalue weighted by Gasteiger charge is -2.10. The molecule has 1 heterocycles. The number of para-hydroxylation sites is 1. The molecule has 3 heteroatoms. The number of nitrogens with two attached hydrogens (primary N) is 1. The molecule has 2 aromatic rings. The van der Waals surface area contributed by atoms with Gasteiger partial charge in [0.25, 0.3) is 5.56 Å². The van der Waals surface area contributed by atoms with E-state index in [0.29, 0.717) is 6.54 Å². The summed E-state index contributed by atoms with van der Waals surface area (Å²) < 4.78 is 1.62. The first-order chi connectivity index (χ1) is 7.33. The number of rotatable bonds is 2. The predicted molar refractivity (Wildman–Crippen MR) is 59.9 cm³/mol. The second kappa shape index (κ2) is 4.11. The number of nitrogens with zero attached hydrogens (tertiary/aromatic N) is 1. The molecule has 0 saturated carbocycles. The molecule has 0 aliphatic carbocycles. The van der Waals surface area contributed by atoms with E-state index >= 15 is 0 Å². The van der Waals surface area contributed by atoms with E-state index in [1.54, 1.807) is 10.6 Å². The van der Waals surface area contributed by atoms with Gasteiger partial charge in [0.15, 0.2) is 0 Å². The molecule has 0 unspecified atom stereocenters. The lowest BCUT2D eigenvalue weighted by molar-refractivity contribution is 0.859. The summed E-state index contributed by atoms with van der Waals surface area (Å²) in [6.45, 7) is 0.352. The topological polar surface area (TPSA) is 48.0 Å². The van der Waals surface area contributed by atoms with Gasteiger partial charge in [0, 0.05) is 24.0 Å². The first-order valence-corrected chi connectivity index (χ1v) is 4.79. The van der Waals surface area contributed by atoms with E-state index in [0.717, 1.165) is 11.4 Å². The molecule has 76 valence electrons. The van der Waals surface area contributed by atoms with Crippen LogP contribution in [0.15, 0.2) is 53.3 Å².